The molecule has 0 spiro atoms. The Morgan fingerprint density at radius 3 is 2.52 bits per heavy atom. The van der Waals surface area contributed by atoms with Crippen LogP contribution in [0.5, 0.6) is 5.75 Å². The van der Waals surface area contributed by atoms with Gasteiger partial charge in [-0.1, -0.05) is 30.3 Å². The van der Waals surface area contributed by atoms with E-state index in [1.165, 1.54) is 6.07 Å². The van der Waals surface area contributed by atoms with Gasteiger partial charge in [0, 0.05) is 23.8 Å². The first-order valence-corrected chi connectivity index (χ1v) is 6.97. The molecule has 0 aliphatic heterocycles. The molecule has 6 heteroatoms. The van der Waals surface area contributed by atoms with Gasteiger partial charge in [-0.2, -0.15) is 17.0 Å². The first-order chi connectivity index (χ1) is 10.1. The van der Waals surface area contributed by atoms with E-state index in [-0.39, 0.29) is 11.7 Å². The molecular formula is C15H14FNO3S. The molecule has 0 saturated heterocycles. The highest BCUT2D eigenvalue weighted by atomic mass is 32.1. The number of hydrogen-bond donors (Lipinski definition) is 1. The van der Waals surface area contributed by atoms with Crippen molar-refractivity contribution in [3.63, 3.8) is 0 Å². The maximum Gasteiger partial charge on any atom is 0.305 e. The van der Waals surface area contributed by atoms with Crippen molar-refractivity contribution in [2.75, 3.05) is 12.4 Å². The maximum atomic E-state index is 13.5. The van der Waals surface area contributed by atoms with Crippen LogP contribution in [0.15, 0.2) is 48.5 Å². The Labute approximate surface area is 127 Å². The van der Waals surface area contributed by atoms with E-state index in [9.17, 15) is 14.5 Å². The minimum atomic E-state index is -0.903. The van der Waals surface area contributed by atoms with E-state index in [4.69, 9.17) is 4.74 Å². The lowest BCUT2D eigenvalue weighted by molar-refractivity contribution is -0.387. The highest BCUT2D eigenvalue weighted by Gasteiger charge is 2.15. The molecular weight excluding hydrogens is 293 g/mol. The zero-order valence-electron chi connectivity index (χ0n) is 11.1. The Morgan fingerprint density at radius 2 is 1.95 bits per heavy atom. The first kappa shape index (κ1) is 15.3. The lowest BCUT2D eigenvalue weighted by Gasteiger charge is -2.16. The molecule has 0 aliphatic carbocycles. The first-order valence-electron chi connectivity index (χ1n) is 6.34. The topological polar surface area (TPSA) is 52.4 Å². The van der Waals surface area contributed by atoms with Crippen molar-refractivity contribution in [1.29, 1.82) is 0 Å². The highest BCUT2D eigenvalue weighted by molar-refractivity contribution is 7.80. The summed E-state index contributed by atoms with van der Waals surface area (Å²) in [5.41, 5.74) is 0.519. The Balaban J connectivity index is 2.05. The molecule has 0 amide bonds. The quantitative estimate of drug-likeness (QED) is 0.501. The molecule has 0 aliphatic rings. The lowest BCUT2D eigenvalue weighted by Crippen LogP contribution is -2.12. The van der Waals surface area contributed by atoms with Gasteiger partial charge in [-0.3, -0.25) is 10.1 Å². The van der Waals surface area contributed by atoms with Crippen LogP contribution in [-0.2, 0) is 0 Å². The van der Waals surface area contributed by atoms with Crippen LogP contribution in [0, 0.1) is 15.9 Å². The summed E-state index contributed by atoms with van der Waals surface area (Å²) >= 11 is 4.29. The van der Waals surface area contributed by atoms with E-state index in [0.29, 0.717) is 12.4 Å². The zero-order valence-corrected chi connectivity index (χ0v) is 12.0. The minimum absolute atomic E-state index is 0.0628. The third kappa shape index (κ3) is 3.95. The molecule has 2 aromatic carbocycles. The van der Waals surface area contributed by atoms with E-state index in [1.54, 1.807) is 0 Å². The lowest BCUT2D eigenvalue weighted by atomic mass is 10.0. The fourth-order valence-electron chi connectivity index (χ4n) is 1.90. The summed E-state index contributed by atoms with van der Waals surface area (Å²) in [5.74, 6) is 0.00711. The van der Waals surface area contributed by atoms with Crippen LogP contribution in [0.3, 0.4) is 0 Å². The van der Waals surface area contributed by atoms with E-state index >= 15 is 0 Å². The second-order valence-corrected chi connectivity index (χ2v) is 4.84. The van der Waals surface area contributed by atoms with Crippen LogP contribution in [0.4, 0.5) is 10.1 Å². The number of nitro groups is 1. The van der Waals surface area contributed by atoms with Crippen molar-refractivity contribution in [2.45, 2.75) is 5.92 Å². The molecule has 1 unspecified atom stereocenters. The van der Waals surface area contributed by atoms with Gasteiger partial charge >= 0.3 is 5.69 Å². The van der Waals surface area contributed by atoms with Gasteiger partial charge in [0.25, 0.3) is 0 Å². The summed E-state index contributed by atoms with van der Waals surface area (Å²) in [5, 5.41) is 10.5. The molecule has 2 rings (SSSR count). The van der Waals surface area contributed by atoms with E-state index in [1.807, 2.05) is 30.3 Å². The molecule has 0 fully saturated rings. The van der Waals surface area contributed by atoms with Gasteiger partial charge in [0.15, 0.2) is 0 Å². The van der Waals surface area contributed by atoms with Crippen LogP contribution < -0.4 is 4.74 Å². The third-order valence-electron chi connectivity index (χ3n) is 3.06. The van der Waals surface area contributed by atoms with Gasteiger partial charge in [0.05, 0.1) is 11.5 Å². The third-order valence-corrected chi connectivity index (χ3v) is 3.50. The minimum Gasteiger partial charge on any atom is -0.493 e. The summed E-state index contributed by atoms with van der Waals surface area (Å²) in [7, 11) is 0. The van der Waals surface area contributed by atoms with Crippen molar-refractivity contribution in [1.82, 2.24) is 0 Å². The molecule has 110 valence electrons. The van der Waals surface area contributed by atoms with Gasteiger partial charge < -0.3 is 4.74 Å². The smallest absolute Gasteiger partial charge is 0.305 e. The van der Waals surface area contributed by atoms with Gasteiger partial charge in [-0.25, -0.2) is 0 Å². The average Bonchev–Trinajstić information content (AvgIpc) is 2.48. The van der Waals surface area contributed by atoms with Crippen molar-refractivity contribution < 1.29 is 14.1 Å². The van der Waals surface area contributed by atoms with Gasteiger partial charge in [0.1, 0.15) is 5.75 Å². The van der Waals surface area contributed by atoms with Crippen molar-refractivity contribution in [2.24, 2.45) is 0 Å². The molecule has 21 heavy (non-hydrogen) atoms. The number of ether oxygens (including phenoxy) is 1. The number of benzene rings is 2. The Bertz CT molecular complexity index is 622. The Hall–Kier alpha value is -2.08. The average molecular weight is 307 g/mol. The summed E-state index contributed by atoms with van der Waals surface area (Å²) in [6.45, 7) is 0.324. The normalized spacial score (nSPS) is 11.9. The Morgan fingerprint density at radius 1 is 1.24 bits per heavy atom. The molecule has 0 aromatic heterocycles. The van der Waals surface area contributed by atoms with Crippen LogP contribution >= 0.6 is 12.6 Å². The number of halogens is 1. The number of nitro benzene ring substituents is 1. The van der Waals surface area contributed by atoms with Crippen molar-refractivity contribution >= 4 is 18.3 Å². The van der Waals surface area contributed by atoms with Crippen LogP contribution in [0.25, 0.3) is 0 Å². The second kappa shape index (κ2) is 7.08. The predicted octanol–water partition coefficient (Wildman–Crippen LogP) is 3.83. The second-order valence-electron chi connectivity index (χ2n) is 4.47. The summed E-state index contributed by atoms with van der Waals surface area (Å²) in [6.07, 6.45) is 0. The SMILES string of the molecule is O=[N+]([O-])c1ccc(OCC(CS)c2ccccc2)cc1F. The zero-order chi connectivity index (χ0) is 15.2. The fourth-order valence-corrected chi connectivity index (χ4v) is 2.22. The molecule has 2 aromatic rings. The predicted molar refractivity (Wildman–Crippen MR) is 81.6 cm³/mol. The van der Waals surface area contributed by atoms with Crippen LogP contribution in [0.2, 0.25) is 0 Å². The van der Waals surface area contributed by atoms with Crippen LogP contribution in [-0.4, -0.2) is 17.3 Å². The van der Waals surface area contributed by atoms with Crippen molar-refractivity contribution in [3.8, 4) is 5.75 Å². The number of nitrogens with zero attached hydrogens (tertiary/aromatic N) is 1. The van der Waals surface area contributed by atoms with E-state index in [2.05, 4.69) is 12.6 Å². The highest BCUT2D eigenvalue weighted by Crippen LogP contribution is 2.24. The monoisotopic (exact) mass is 307 g/mol. The molecule has 0 saturated carbocycles. The van der Waals surface area contributed by atoms with E-state index < -0.39 is 16.4 Å². The summed E-state index contributed by atoms with van der Waals surface area (Å²) in [6, 6.07) is 13.2. The molecule has 1 atom stereocenters. The molecule has 0 heterocycles. The van der Waals surface area contributed by atoms with Crippen molar-refractivity contribution in [3.05, 3.63) is 70.0 Å². The van der Waals surface area contributed by atoms with E-state index in [0.717, 1.165) is 17.7 Å². The molecule has 0 bridgehead atoms. The fraction of sp³-hybridized carbons (Fsp3) is 0.200. The number of thiol groups is 1. The largest absolute Gasteiger partial charge is 0.493 e. The number of rotatable bonds is 6. The molecule has 0 radical (unpaired) electrons. The molecule has 4 nitrogen and oxygen atoms in total. The molecule has 0 N–H and O–H groups in total. The van der Waals surface area contributed by atoms with Crippen LogP contribution in [0.1, 0.15) is 11.5 Å². The maximum absolute atomic E-state index is 13.5. The number of hydrogen-bond acceptors (Lipinski definition) is 4. The van der Waals surface area contributed by atoms with Gasteiger partial charge in [0.2, 0.25) is 5.82 Å². The summed E-state index contributed by atoms with van der Waals surface area (Å²) < 4.78 is 19.0. The Kier molecular flexibility index (Phi) is 5.16. The van der Waals surface area contributed by atoms with Gasteiger partial charge in [-0.15, -0.1) is 0 Å². The summed E-state index contributed by atoms with van der Waals surface area (Å²) in [4.78, 5) is 9.78. The van der Waals surface area contributed by atoms with Gasteiger partial charge in [-0.05, 0) is 11.6 Å². The standard InChI is InChI=1S/C15H14FNO3S/c16-14-8-13(6-7-15(14)17(18)19)20-9-12(10-21)11-4-2-1-3-5-11/h1-8,12,21H,9-10H2.